The van der Waals surface area contributed by atoms with Gasteiger partial charge in [0, 0.05) is 39.0 Å². The first-order valence-electron chi connectivity index (χ1n) is 9.10. The van der Waals surface area contributed by atoms with Crippen LogP contribution in [0.1, 0.15) is 26.5 Å². The highest BCUT2D eigenvalue weighted by molar-refractivity contribution is 14.1. The standard InChI is InChI=1S/C23H18IN3OS/c1-15-8-9-18(26-23(28)19-6-2-3-7-20(19)24)11-17(15)12-22-27-21(14-29-22)16-5-4-10-25-13-16/h2-11,13-14H,12H2,1H3,(H,26,28). The van der Waals surface area contributed by atoms with E-state index < -0.39 is 0 Å². The minimum absolute atomic E-state index is 0.0992. The van der Waals surface area contributed by atoms with E-state index in [4.69, 9.17) is 4.98 Å². The minimum Gasteiger partial charge on any atom is -0.322 e. The Hall–Kier alpha value is -2.58. The summed E-state index contributed by atoms with van der Waals surface area (Å²) in [6.07, 6.45) is 4.31. The predicted molar refractivity (Wildman–Crippen MR) is 126 cm³/mol. The second kappa shape index (κ2) is 8.84. The molecule has 0 atom stereocenters. The van der Waals surface area contributed by atoms with E-state index in [0.29, 0.717) is 5.56 Å². The average Bonchev–Trinajstić information content (AvgIpc) is 3.20. The number of aromatic nitrogens is 2. The third-order valence-corrected chi connectivity index (χ3v) is 6.37. The summed E-state index contributed by atoms with van der Waals surface area (Å²) in [5.74, 6) is -0.0992. The number of anilines is 1. The topological polar surface area (TPSA) is 54.9 Å². The number of aryl methyl sites for hydroxylation is 1. The number of hydrogen-bond acceptors (Lipinski definition) is 4. The van der Waals surface area contributed by atoms with Crippen molar-refractivity contribution in [3.05, 3.63) is 97.6 Å². The van der Waals surface area contributed by atoms with Gasteiger partial charge < -0.3 is 5.32 Å². The normalized spacial score (nSPS) is 10.7. The number of amides is 1. The number of carbonyl (C=O) groups is 1. The summed E-state index contributed by atoms with van der Waals surface area (Å²) in [4.78, 5) is 21.5. The van der Waals surface area contributed by atoms with E-state index in [0.717, 1.165) is 37.5 Å². The van der Waals surface area contributed by atoms with Crippen molar-refractivity contribution in [2.75, 3.05) is 5.32 Å². The second-order valence-corrected chi connectivity index (χ2v) is 8.73. The zero-order valence-corrected chi connectivity index (χ0v) is 18.7. The molecule has 0 aliphatic carbocycles. The molecule has 2 aromatic carbocycles. The molecule has 29 heavy (non-hydrogen) atoms. The van der Waals surface area contributed by atoms with Gasteiger partial charge in [0.2, 0.25) is 0 Å². The summed E-state index contributed by atoms with van der Waals surface area (Å²) in [5, 5.41) is 6.11. The van der Waals surface area contributed by atoms with Crippen LogP contribution in [-0.4, -0.2) is 15.9 Å². The van der Waals surface area contributed by atoms with Crippen LogP contribution < -0.4 is 5.32 Å². The monoisotopic (exact) mass is 511 g/mol. The van der Waals surface area contributed by atoms with E-state index in [1.54, 1.807) is 17.5 Å². The molecule has 2 aromatic heterocycles. The van der Waals surface area contributed by atoms with Crippen molar-refractivity contribution in [2.45, 2.75) is 13.3 Å². The van der Waals surface area contributed by atoms with E-state index >= 15 is 0 Å². The Kier molecular flexibility index (Phi) is 6.01. The van der Waals surface area contributed by atoms with Crippen molar-refractivity contribution in [3.63, 3.8) is 0 Å². The fourth-order valence-corrected chi connectivity index (χ4v) is 4.44. The fraction of sp³-hybridized carbons (Fsp3) is 0.0870. The van der Waals surface area contributed by atoms with Gasteiger partial charge in [0.05, 0.1) is 16.3 Å². The van der Waals surface area contributed by atoms with Gasteiger partial charge in [0.25, 0.3) is 5.91 Å². The third kappa shape index (κ3) is 4.71. The number of pyridine rings is 1. The number of rotatable bonds is 5. The summed E-state index contributed by atoms with van der Waals surface area (Å²) < 4.78 is 0.931. The first-order chi connectivity index (χ1) is 14.1. The lowest BCUT2D eigenvalue weighted by Crippen LogP contribution is -2.13. The molecule has 0 saturated carbocycles. The largest absolute Gasteiger partial charge is 0.322 e. The molecule has 2 heterocycles. The van der Waals surface area contributed by atoms with Gasteiger partial charge >= 0.3 is 0 Å². The molecule has 4 rings (SSSR count). The highest BCUT2D eigenvalue weighted by atomic mass is 127. The molecule has 0 spiro atoms. The number of benzene rings is 2. The number of halogens is 1. The summed E-state index contributed by atoms with van der Waals surface area (Å²) in [5.41, 5.74) is 5.76. The molecule has 0 aliphatic rings. The van der Waals surface area contributed by atoms with Gasteiger partial charge in [-0.3, -0.25) is 9.78 Å². The molecule has 0 saturated heterocycles. The van der Waals surface area contributed by atoms with Gasteiger partial charge in [0.15, 0.2) is 0 Å². The van der Waals surface area contributed by atoms with E-state index in [-0.39, 0.29) is 5.91 Å². The molecule has 0 aliphatic heterocycles. The lowest BCUT2D eigenvalue weighted by atomic mass is 10.0. The quantitative estimate of drug-likeness (QED) is 0.337. The Labute approximate surface area is 187 Å². The summed E-state index contributed by atoms with van der Waals surface area (Å²) in [6, 6.07) is 17.5. The molecule has 0 fully saturated rings. The van der Waals surface area contributed by atoms with Crippen molar-refractivity contribution in [2.24, 2.45) is 0 Å². The Balaban J connectivity index is 1.53. The molecular formula is C23H18IN3OS. The van der Waals surface area contributed by atoms with Crippen LogP contribution >= 0.6 is 33.9 Å². The summed E-state index contributed by atoms with van der Waals surface area (Å²) in [6.45, 7) is 2.08. The van der Waals surface area contributed by atoms with Crippen LogP contribution in [0.25, 0.3) is 11.3 Å². The molecule has 0 radical (unpaired) electrons. The highest BCUT2D eigenvalue weighted by Gasteiger charge is 2.12. The fourth-order valence-electron chi connectivity index (χ4n) is 2.99. The number of nitrogens with zero attached hydrogens (tertiary/aromatic N) is 2. The van der Waals surface area contributed by atoms with Crippen LogP contribution in [0.2, 0.25) is 0 Å². The Morgan fingerprint density at radius 3 is 2.79 bits per heavy atom. The number of nitrogens with one attached hydrogen (secondary N) is 1. The molecule has 144 valence electrons. The van der Waals surface area contributed by atoms with Crippen LogP contribution in [-0.2, 0) is 6.42 Å². The molecular weight excluding hydrogens is 493 g/mol. The van der Waals surface area contributed by atoms with E-state index in [1.165, 1.54) is 5.56 Å². The zero-order valence-electron chi connectivity index (χ0n) is 15.7. The van der Waals surface area contributed by atoms with E-state index in [2.05, 4.69) is 45.2 Å². The Morgan fingerprint density at radius 1 is 1.14 bits per heavy atom. The van der Waals surface area contributed by atoms with Crippen molar-refractivity contribution < 1.29 is 4.79 Å². The zero-order chi connectivity index (χ0) is 20.2. The van der Waals surface area contributed by atoms with Crippen molar-refractivity contribution in [3.8, 4) is 11.3 Å². The molecule has 4 aromatic rings. The van der Waals surface area contributed by atoms with Gasteiger partial charge in [-0.2, -0.15) is 0 Å². The SMILES string of the molecule is Cc1ccc(NC(=O)c2ccccc2I)cc1Cc1nc(-c2cccnc2)cs1. The smallest absolute Gasteiger partial charge is 0.256 e. The van der Waals surface area contributed by atoms with Crippen LogP contribution in [0.15, 0.2) is 72.4 Å². The average molecular weight is 511 g/mol. The number of thiazole rings is 1. The van der Waals surface area contributed by atoms with Crippen LogP contribution in [0, 0.1) is 10.5 Å². The van der Waals surface area contributed by atoms with E-state index in [1.807, 2.05) is 60.8 Å². The molecule has 6 heteroatoms. The maximum Gasteiger partial charge on any atom is 0.256 e. The molecule has 1 N–H and O–H groups in total. The molecule has 1 amide bonds. The van der Waals surface area contributed by atoms with Crippen LogP contribution in [0.4, 0.5) is 5.69 Å². The maximum atomic E-state index is 12.6. The first kappa shape index (κ1) is 19.7. The van der Waals surface area contributed by atoms with Gasteiger partial charge in [-0.15, -0.1) is 11.3 Å². The predicted octanol–water partition coefficient (Wildman–Crippen LogP) is 5.96. The van der Waals surface area contributed by atoms with Crippen LogP contribution in [0.3, 0.4) is 0 Å². The summed E-state index contributed by atoms with van der Waals surface area (Å²) >= 11 is 3.82. The lowest BCUT2D eigenvalue weighted by Gasteiger charge is -2.10. The number of hydrogen-bond donors (Lipinski definition) is 1. The molecule has 0 bridgehead atoms. The lowest BCUT2D eigenvalue weighted by molar-refractivity contribution is 0.102. The Morgan fingerprint density at radius 2 is 2.00 bits per heavy atom. The van der Waals surface area contributed by atoms with Gasteiger partial charge in [-0.05, 0) is 77.0 Å². The first-order valence-corrected chi connectivity index (χ1v) is 11.1. The van der Waals surface area contributed by atoms with Crippen molar-refractivity contribution >= 4 is 45.5 Å². The van der Waals surface area contributed by atoms with Crippen LogP contribution in [0.5, 0.6) is 0 Å². The molecule has 0 unspecified atom stereocenters. The van der Waals surface area contributed by atoms with Gasteiger partial charge in [-0.1, -0.05) is 18.2 Å². The highest BCUT2D eigenvalue weighted by Crippen LogP contribution is 2.25. The Bertz CT molecular complexity index is 1160. The minimum atomic E-state index is -0.0992. The molecule has 4 nitrogen and oxygen atoms in total. The second-order valence-electron chi connectivity index (χ2n) is 6.62. The third-order valence-electron chi connectivity index (χ3n) is 4.58. The van der Waals surface area contributed by atoms with Crippen molar-refractivity contribution in [1.82, 2.24) is 9.97 Å². The van der Waals surface area contributed by atoms with Gasteiger partial charge in [0.1, 0.15) is 0 Å². The van der Waals surface area contributed by atoms with Crippen molar-refractivity contribution in [1.29, 1.82) is 0 Å². The van der Waals surface area contributed by atoms with E-state index in [9.17, 15) is 4.79 Å². The number of carbonyl (C=O) groups excluding carboxylic acids is 1. The van der Waals surface area contributed by atoms with Gasteiger partial charge in [-0.25, -0.2) is 4.98 Å². The maximum absolute atomic E-state index is 12.6. The summed E-state index contributed by atoms with van der Waals surface area (Å²) in [7, 11) is 0.